The Hall–Kier alpha value is -1.91. The monoisotopic (exact) mass is 321 g/mol. The van der Waals surface area contributed by atoms with Gasteiger partial charge in [-0.1, -0.05) is 23.7 Å². The van der Waals surface area contributed by atoms with Crippen molar-refractivity contribution in [2.75, 3.05) is 25.1 Å². The van der Waals surface area contributed by atoms with E-state index in [0.29, 0.717) is 36.0 Å². The number of halogens is 2. The van der Waals surface area contributed by atoms with Gasteiger partial charge in [0.05, 0.1) is 12.2 Å². The van der Waals surface area contributed by atoms with Gasteiger partial charge < -0.3 is 10.1 Å². The average Bonchev–Trinajstić information content (AvgIpc) is 2.52. The SMILES string of the molecule is CCOCCNc1ccc(Cl)cc1C(=O)c1ccccc1F. The summed E-state index contributed by atoms with van der Waals surface area (Å²) in [7, 11) is 0. The van der Waals surface area contributed by atoms with Gasteiger partial charge in [-0.3, -0.25) is 4.79 Å². The Balaban J connectivity index is 2.27. The molecule has 0 fully saturated rings. The molecule has 3 nitrogen and oxygen atoms in total. The van der Waals surface area contributed by atoms with E-state index in [1.807, 2.05) is 6.92 Å². The molecule has 0 radical (unpaired) electrons. The molecule has 2 aromatic carbocycles. The summed E-state index contributed by atoms with van der Waals surface area (Å²) in [6.07, 6.45) is 0. The third-order valence-corrected chi connectivity index (χ3v) is 3.35. The molecule has 0 aromatic heterocycles. The Morgan fingerprint density at radius 3 is 2.73 bits per heavy atom. The lowest BCUT2D eigenvalue weighted by molar-refractivity contribution is 0.103. The molecule has 0 heterocycles. The minimum Gasteiger partial charge on any atom is -0.382 e. The van der Waals surface area contributed by atoms with Crippen molar-refractivity contribution in [2.24, 2.45) is 0 Å². The first-order chi connectivity index (χ1) is 10.6. The number of ether oxygens (including phenoxy) is 1. The van der Waals surface area contributed by atoms with Crippen LogP contribution in [0.4, 0.5) is 10.1 Å². The van der Waals surface area contributed by atoms with Gasteiger partial charge in [-0.25, -0.2) is 4.39 Å². The number of carbonyl (C=O) groups excluding carboxylic acids is 1. The average molecular weight is 322 g/mol. The normalized spacial score (nSPS) is 10.5. The Morgan fingerprint density at radius 1 is 1.23 bits per heavy atom. The van der Waals surface area contributed by atoms with Gasteiger partial charge in [0.15, 0.2) is 5.78 Å². The Kier molecular flexibility index (Phi) is 5.92. The summed E-state index contributed by atoms with van der Waals surface area (Å²) < 4.78 is 19.1. The van der Waals surface area contributed by atoms with Gasteiger partial charge in [-0.05, 0) is 37.3 Å². The highest BCUT2D eigenvalue weighted by Crippen LogP contribution is 2.24. The molecule has 116 valence electrons. The summed E-state index contributed by atoms with van der Waals surface area (Å²) in [5.74, 6) is -0.952. The van der Waals surface area contributed by atoms with E-state index in [9.17, 15) is 9.18 Å². The maximum Gasteiger partial charge on any atom is 0.198 e. The molecule has 0 saturated heterocycles. The lowest BCUT2D eigenvalue weighted by Gasteiger charge is -2.12. The van der Waals surface area contributed by atoms with Crippen LogP contribution in [0.2, 0.25) is 5.02 Å². The maximum atomic E-state index is 13.8. The summed E-state index contributed by atoms with van der Waals surface area (Å²) in [5, 5.41) is 3.54. The third kappa shape index (κ3) is 4.06. The molecular weight excluding hydrogens is 305 g/mol. The molecule has 5 heteroatoms. The van der Waals surface area contributed by atoms with Crippen LogP contribution in [0.3, 0.4) is 0 Å². The molecule has 0 atom stereocenters. The number of benzene rings is 2. The molecular formula is C17H17ClFNO2. The minimum absolute atomic E-state index is 0.0256. The van der Waals surface area contributed by atoms with Crippen molar-refractivity contribution in [2.45, 2.75) is 6.92 Å². The summed E-state index contributed by atoms with van der Waals surface area (Å²) in [5.41, 5.74) is 0.976. The van der Waals surface area contributed by atoms with E-state index in [0.717, 1.165) is 0 Å². The number of rotatable bonds is 7. The number of hydrogen-bond donors (Lipinski definition) is 1. The molecule has 0 bridgehead atoms. The van der Waals surface area contributed by atoms with Gasteiger partial charge >= 0.3 is 0 Å². The molecule has 0 unspecified atom stereocenters. The highest BCUT2D eigenvalue weighted by Gasteiger charge is 2.17. The van der Waals surface area contributed by atoms with Crippen LogP contribution in [0.25, 0.3) is 0 Å². The highest BCUT2D eigenvalue weighted by atomic mass is 35.5. The van der Waals surface area contributed by atoms with E-state index in [4.69, 9.17) is 16.3 Å². The van der Waals surface area contributed by atoms with E-state index in [2.05, 4.69) is 5.32 Å². The van der Waals surface area contributed by atoms with Crippen molar-refractivity contribution in [3.8, 4) is 0 Å². The summed E-state index contributed by atoms with van der Waals surface area (Å²) in [6.45, 7) is 3.61. The van der Waals surface area contributed by atoms with Gasteiger partial charge in [-0.15, -0.1) is 0 Å². The Labute approximate surface area is 134 Å². The molecule has 0 aliphatic heterocycles. The van der Waals surface area contributed by atoms with Crippen molar-refractivity contribution >= 4 is 23.1 Å². The fourth-order valence-electron chi connectivity index (χ4n) is 2.05. The van der Waals surface area contributed by atoms with Crippen molar-refractivity contribution < 1.29 is 13.9 Å². The quantitative estimate of drug-likeness (QED) is 0.614. The Bertz CT molecular complexity index is 661. The van der Waals surface area contributed by atoms with E-state index in [-0.39, 0.29) is 5.56 Å². The van der Waals surface area contributed by atoms with Crippen LogP contribution >= 0.6 is 11.6 Å². The van der Waals surface area contributed by atoms with Gasteiger partial charge in [0, 0.05) is 29.4 Å². The van der Waals surface area contributed by atoms with Crippen LogP contribution in [0.1, 0.15) is 22.8 Å². The molecule has 2 aromatic rings. The second kappa shape index (κ2) is 7.92. The highest BCUT2D eigenvalue weighted by molar-refractivity contribution is 6.31. The second-order valence-corrected chi connectivity index (χ2v) is 5.06. The van der Waals surface area contributed by atoms with Crippen LogP contribution < -0.4 is 5.32 Å². The second-order valence-electron chi connectivity index (χ2n) is 4.62. The summed E-state index contributed by atoms with van der Waals surface area (Å²) >= 11 is 5.97. The van der Waals surface area contributed by atoms with Crippen LogP contribution in [-0.2, 0) is 4.74 Å². The minimum atomic E-state index is -0.548. The predicted molar refractivity (Wildman–Crippen MR) is 86.3 cm³/mol. The zero-order chi connectivity index (χ0) is 15.9. The number of anilines is 1. The van der Waals surface area contributed by atoms with E-state index < -0.39 is 11.6 Å². The number of hydrogen-bond acceptors (Lipinski definition) is 3. The zero-order valence-corrected chi connectivity index (χ0v) is 13.0. The van der Waals surface area contributed by atoms with Crippen molar-refractivity contribution in [3.05, 3.63) is 64.4 Å². The van der Waals surface area contributed by atoms with Gasteiger partial charge in [0.25, 0.3) is 0 Å². The third-order valence-electron chi connectivity index (χ3n) is 3.11. The predicted octanol–water partition coefficient (Wildman–Crippen LogP) is 4.16. The first-order valence-electron chi connectivity index (χ1n) is 7.04. The molecule has 0 aliphatic carbocycles. The molecule has 22 heavy (non-hydrogen) atoms. The summed E-state index contributed by atoms with van der Waals surface area (Å²) in [6, 6.07) is 10.8. The van der Waals surface area contributed by atoms with E-state index in [1.165, 1.54) is 12.1 Å². The fraction of sp³-hybridized carbons (Fsp3) is 0.235. The fourth-order valence-corrected chi connectivity index (χ4v) is 2.22. The molecule has 1 N–H and O–H groups in total. The molecule has 0 aliphatic rings. The zero-order valence-electron chi connectivity index (χ0n) is 12.2. The molecule has 0 saturated carbocycles. The van der Waals surface area contributed by atoms with Crippen LogP contribution in [0.15, 0.2) is 42.5 Å². The van der Waals surface area contributed by atoms with Gasteiger partial charge in [-0.2, -0.15) is 0 Å². The van der Waals surface area contributed by atoms with Crippen molar-refractivity contribution in [3.63, 3.8) is 0 Å². The van der Waals surface area contributed by atoms with Crippen LogP contribution in [0.5, 0.6) is 0 Å². The first-order valence-corrected chi connectivity index (χ1v) is 7.41. The number of carbonyl (C=O) groups is 1. The molecule has 0 spiro atoms. The Morgan fingerprint density at radius 2 is 2.00 bits per heavy atom. The molecule has 2 rings (SSSR count). The number of nitrogens with one attached hydrogen (secondary N) is 1. The topological polar surface area (TPSA) is 38.3 Å². The summed E-state index contributed by atoms with van der Waals surface area (Å²) in [4.78, 5) is 12.6. The molecule has 0 amide bonds. The van der Waals surface area contributed by atoms with Crippen molar-refractivity contribution in [1.82, 2.24) is 0 Å². The smallest absolute Gasteiger partial charge is 0.198 e. The van der Waals surface area contributed by atoms with Gasteiger partial charge in [0.1, 0.15) is 5.82 Å². The first kappa shape index (κ1) is 16.5. The van der Waals surface area contributed by atoms with Crippen LogP contribution in [0, 0.1) is 5.82 Å². The largest absolute Gasteiger partial charge is 0.382 e. The maximum absolute atomic E-state index is 13.8. The van der Waals surface area contributed by atoms with Crippen molar-refractivity contribution in [1.29, 1.82) is 0 Å². The van der Waals surface area contributed by atoms with E-state index in [1.54, 1.807) is 30.3 Å². The standard InChI is InChI=1S/C17H17ClFNO2/c1-2-22-10-9-20-16-8-7-12(18)11-14(16)17(21)13-5-3-4-6-15(13)19/h3-8,11,20H,2,9-10H2,1H3. The lowest BCUT2D eigenvalue weighted by Crippen LogP contribution is -2.13. The van der Waals surface area contributed by atoms with Gasteiger partial charge in [0.2, 0.25) is 0 Å². The van der Waals surface area contributed by atoms with E-state index >= 15 is 0 Å². The lowest BCUT2D eigenvalue weighted by atomic mass is 10.0. The number of ketones is 1. The van der Waals surface area contributed by atoms with Crippen LogP contribution in [-0.4, -0.2) is 25.5 Å².